The highest BCUT2D eigenvalue weighted by atomic mass is 19.4. The van der Waals surface area contributed by atoms with Crippen LogP contribution in [0, 0.1) is 23.2 Å². The van der Waals surface area contributed by atoms with Gasteiger partial charge in [-0.15, -0.1) is 0 Å². The largest absolute Gasteiger partial charge is 0.459 e. The first-order valence-corrected chi connectivity index (χ1v) is 8.09. The third-order valence-electron chi connectivity index (χ3n) is 5.18. The van der Waals surface area contributed by atoms with E-state index in [4.69, 9.17) is 4.74 Å². The van der Waals surface area contributed by atoms with Crippen molar-refractivity contribution < 1.29 is 22.7 Å². The second-order valence-electron chi connectivity index (χ2n) is 7.98. The number of rotatable bonds is 4. The monoisotopic (exact) mass is 322 g/mol. The molecule has 1 aliphatic carbocycles. The highest BCUT2D eigenvalue weighted by Crippen LogP contribution is 2.46. The van der Waals surface area contributed by atoms with Gasteiger partial charge >= 0.3 is 12.1 Å². The number of alkyl halides is 3. The molecule has 0 aromatic rings. The van der Waals surface area contributed by atoms with E-state index in [2.05, 4.69) is 0 Å². The molecular formula is C17H29F3O2. The molecule has 22 heavy (non-hydrogen) atoms. The Balaban J connectivity index is 2.85. The van der Waals surface area contributed by atoms with E-state index in [0.717, 1.165) is 0 Å². The lowest BCUT2D eigenvalue weighted by Gasteiger charge is -2.43. The molecule has 0 aromatic heterocycles. The third kappa shape index (κ3) is 4.63. The van der Waals surface area contributed by atoms with Crippen molar-refractivity contribution >= 4 is 5.97 Å². The lowest BCUT2D eigenvalue weighted by atomic mass is 9.69. The fourth-order valence-corrected chi connectivity index (χ4v) is 3.04. The van der Waals surface area contributed by atoms with Crippen LogP contribution in [-0.4, -0.2) is 17.7 Å². The molecule has 2 nitrogen and oxygen atoms in total. The van der Waals surface area contributed by atoms with E-state index in [1.165, 1.54) is 0 Å². The highest BCUT2D eigenvalue weighted by Gasteiger charge is 2.48. The molecule has 3 atom stereocenters. The maximum atomic E-state index is 13.1. The Kier molecular flexibility index (Phi) is 5.62. The summed E-state index contributed by atoms with van der Waals surface area (Å²) >= 11 is 0. The van der Waals surface area contributed by atoms with Gasteiger partial charge in [-0.1, -0.05) is 13.8 Å². The predicted molar refractivity (Wildman–Crippen MR) is 80.3 cm³/mol. The van der Waals surface area contributed by atoms with Crippen LogP contribution < -0.4 is 0 Å². The lowest BCUT2D eigenvalue weighted by Crippen LogP contribution is -2.45. The van der Waals surface area contributed by atoms with Gasteiger partial charge in [-0.25, -0.2) is 0 Å². The van der Waals surface area contributed by atoms with E-state index >= 15 is 0 Å². The quantitative estimate of drug-likeness (QED) is 0.651. The molecule has 5 heteroatoms. The molecule has 0 spiro atoms. The van der Waals surface area contributed by atoms with Gasteiger partial charge in [0, 0.05) is 0 Å². The van der Waals surface area contributed by atoms with Crippen LogP contribution in [-0.2, 0) is 9.53 Å². The van der Waals surface area contributed by atoms with Crippen LogP contribution in [0.2, 0.25) is 0 Å². The molecule has 1 saturated carbocycles. The summed E-state index contributed by atoms with van der Waals surface area (Å²) in [5, 5.41) is 0. The maximum absolute atomic E-state index is 13.1. The van der Waals surface area contributed by atoms with Crippen molar-refractivity contribution in [3.63, 3.8) is 0 Å². The standard InChI is InChI=1S/C17H29F3O2/c1-7-15(3,4)14(21)22-16(5,6)12-8-11(2)9-13(10-12)17(18,19)20/h11-13H,7-10H2,1-6H3. The van der Waals surface area contributed by atoms with Gasteiger partial charge in [0.25, 0.3) is 0 Å². The molecule has 0 N–H and O–H groups in total. The third-order valence-corrected chi connectivity index (χ3v) is 5.18. The van der Waals surface area contributed by atoms with E-state index in [1.54, 1.807) is 27.7 Å². The van der Waals surface area contributed by atoms with Crippen molar-refractivity contribution in [1.29, 1.82) is 0 Å². The number of halogens is 3. The average Bonchev–Trinajstić information content (AvgIpc) is 2.36. The van der Waals surface area contributed by atoms with Gasteiger partial charge in [0.15, 0.2) is 0 Å². The van der Waals surface area contributed by atoms with E-state index in [-0.39, 0.29) is 30.6 Å². The van der Waals surface area contributed by atoms with Gasteiger partial charge in [-0.3, -0.25) is 4.79 Å². The van der Waals surface area contributed by atoms with Gasteiger partial charge in [0.05, 0.1) is 11.3 Å². The topological polar surface area (TPSA) is 26.3 Å². The molecule has 0 saturated heterocycles. The minimum absolute atomic E-state index is 0.0115. The first-order chi connectivity index (χ1) is 9.79. The summed E-state index contributed by atoms with van der Waals surface area (Å²) in [6, 6.07) is 0. The Morgan fingerprint density at radius 3 is 2.00 bits per heavy atom. The summed E-state index contributed by atoms with van der Waals surface area (Å²) in [7, 11) is 0. The first-order valence-electron chi connectivity index (χ1n) is 8.09. The van der Waals surface area contributed by atoms with Gasteiger partial charge < -0.3 is 4.74 Å². The Labute approximate surface area is 131 Å². The van der Waals surface area contributed by atoms with Crippen LogP contribution in [0.3, 0.4) is 0 Å². The fourth-order valence-electron chi connectivity index (χ4n) is 3.04. The zero-order valence-corrected chi connectivity index (χ0v) is 14.5. The Bertz CT molecular complexity index is 399. The molecular weight excluding hydrogens is 293 g/mol. The van der Waals surface area contributed by atoms with Gasteiger partial charge in [-0.2, -0.15) is 13.2 Å². The normalized spacial score (nSPS) is 27.6. The molecule has 1 aliphatic rings. The molecule has 0 heterocycles. The maximum Gasteiger partial charge on any atom is 0.391 e. The molecule has 0 aromatic carbocycles. The van der Waals surface area contributed by atoms with Crippen molar-refractivity contribution in [2.75, 3.05) is 0 Å². The van der Waals surface area contributed by atoms with E-state index in [1.807, 2.05) is 13.8 Å². The number of carbonyl (C=O) groups is 1. The van der Waals surface area contributed by atoms with E-state index in [9.17, 15) is 18.0 Å². The molecule has 1 fully saturated rings. The van der Waals surface area contributed by atoms with Gasteiger partial charge in [0.2, 0.25) is 0 Å². The van der Waals surface area contributed by atoms with Crippen molar-refractivity contribution in [2.45, 2.75) is 79.0 Å². The predicted octanol–water partition coefficient (Wildman–Crippen LogP) is 5.36. The number of hydrogen-bond donors (Lipinski definition) is 0. The SMILES string of the molecule is CCC(C)(C)C(=O)OC(C)(C)C1CC(C)CC(C(F)(F)F)C1. The van der Waals surface area contributed by atoms with Gasteiger partial charge in [-0.05, 0) is 65.2 Å². The molecule has 3 unspecified atom stereocenters. The molecule has 0 aliphatic heterocycles. The number of hydrogen-bond acceptors (Lipinski definition) is 2. The number of ether oxygens (including phenoxy) is 1. The Hall–Kier alpha value is -0.740. The molecule has 0 radical (unpaired) electrons. The first kappa shape index (κ1) is 19.3. The van der Waals surface area contributed by atoms with Crippen LogP contribution in [0.5, 0.6) is 0 Å². The second-order valence-corrected chi connectivity index (χ2v) is 7.98. The van der Waals surface area contributed by atoms with E-state index in [0.29, 0.717) is 12.8 Å². The van der Waals surface area contributed by atoms with Crippen LogP contribution in [0.15, 0.2) is 0 Å². The lowest BCUT2D eigenvalue weighted by molar-refractivity contribution is -0.203. The summed E-state index contributed by atoms with van der Waals surface area (Å²) in [6.45, 7) is 10.8. The summed E-state index contributed by atoms with van der Waals surface area (Å²) in [4.78, 5) is 12.3. The minimum atomic E-state index is -4.17. The zero-order chi connectivity index (χ0) is 17.3. The van der Waals surface area contributed by atoms with Crippen molar-refractivity contribution in [3.8, 4) is 0 Å². The van der Waals surface area contributed by atoms with Gasteiger partial charge in [0.1, 0.15) is 5.60 Å². The van der Waals surface area contributed by atoms with Crippen LogP contribution in [0.4, 0.5) is 13.2 Å². The van der Waals surface area contributed by atoms with Crippen molar-refractivity contribution in [2.24, 2.45) is 23.2 Å². The van der Waals surface area contributed by atoms with Crippen molar-refractivity contribution in [3.05, 3.63) is 0 Å². The summed E-state index contributed by atoms with van der Waals surface area (Å²) in [5.41, 5.74) is -1.48. The minimum Gasteiger partial charge on any atom is -0.459 e. The summed E-state index contributed by atoms with van der Waals surface area (Å²) in [6.07, 6.45) is -2.66. The Morgan fingerprint density at radius 1 is 1.05 bits per heavy atom. The summed E-state index contributed by atoms with van der Waals surface area (Å²) in [5.74, 6) is -1.90. The van der Waals surface area contributed by atoms with Crippen LogP contribution >= 0.6 is 0 Å². The molecule has 130 valence electrons. The fraction of sp³-hybridized carbons (Fsp3) is 0.941. The highest BCUT2D eigenvalue weighted by molar-refractivity contribution is 5.76. The second kappa shape index (κ2) is 6.40. The number of esters is 1. The smallest absolute Gasteiger partial charge is 0.391 e. The molecule has 1 rings (SSSR count). The van der Waals surface area contributed by atoms with Crippen LogP contribution in [0.1, 0.15) is 67.2 Å². The summed E-state index contributed by atoms with van der Waals surface area (Å²) < 4.78 is 44.9. The van der Waals surface area contributed by atoms with Crippen molar-refractivity contribution in [1.82, 2.24) is 0 Å². The zero-order valence-electron chi connectivity index (χ0n) is 14.5. The van der Waals surface area contributed by atoms with E-state index < -0.39 is 23.1 Å². The van der Waals surface area contributed by atoms with Crippen LogP contribution in [0.25, 0.3) is 0 Å². The molecule has 0 amide bonds. The molecule has 0 bridgehead atoms. The number of carbonyl (C=O) groups excluding carboxylic acids is 1. The Morgan fingerprint density at radius 2 is 1.55 bits per heavy atom. The average molecular weight is 322 g/mol.